The van der Waals surface area contributed by atoms with Gasteiger partial charge in [0.2, 0.25) is 23.6 Å². The van der Waals surface area contributed by atoms with Crippen LogP contribution in [0.2, 0.25) is 0 Å². The molecular formula is C56H74N8O8. The summed E-state index contributed by atoms with van der Waals surface area (Å²) in [6.07, 6.45) is 16.6. The zero-order chi connectivity index (χ0) is 51.1. The molecule has 4 amide bonds. The molecule has 16 nitrogen and oxygen atoms in total. The maximum atomic E-state index is 14.4. The van der Waals surface area contributed by atoms with E-state index in [1.807, 2.05) is 76.2 Å². The number of amides is 4. The smallest absolute Gasteiger partial charge is 0.407 e. The van der Waals surface area contributed by atoms with E-state index in [9.17, 15) is 28.8 Å². The first kappa shape index (κ1) is 52.0. The minimum absolute atomic E-state index is 0.0431. The molecule has 0 spiro atoms. The average molecular weight is 987 g/mol. The molecule has 4 fully saturated rings. The fourth-order valence-electron chi connectivity index (χ4n) is 11.6. The molecule has 2 aromatic carbocycles. The summed E-state index contributed by atoms with van der Waals surface area (Å²) in [5, 5.41) is 5.45. The van der Waals surface area contributed by atoms with Crippen LogP contribution in [0.3, 0.4) is 0 Å². The normalized spacial score (nSPS) is 19.3. The lowest BCUT2D eigenvalue weighted by molar-refractivity contribution is -0.136. The number of carbonyl (C=O) groups is 6. The lowest BCUT2D eigenvalue weighted by Crippen LogP contribution is -2.51. The minimum Gasteiger partial charge on any atom is -0.453 e. The van der Waals surface area contributed by atoms with Gasteiger partial charge in [-0.15, -0.1) is 0 Å². The third kappa shape index (κ3) is 11.5. The van der Waals surface area contributed by atoms with Crippen LogP contribution in [0.25, 0.3) is 33.6 Å². The zero-order valence-electron chi connectivity index (χ0n) is 43.1. The summed E-state index contributed by atoms with van der Waals surface area (Å²) in [6, 6.07) is 13.6. The van der Waals surface area contributed by atoms with E-state index in [-0.39, 0.29) is 35.5 Å². The van der Waals surface area contributed by atoms with Crippen molar-refractivity contribution in [3.05, 3.63) is 72.6 Å². The first-order valence-electron chi connectivity index (χ1n) is 26.5. The molecule has 4 atom stereocenters. The van der Waals surface area contributed by atoms with Crippen LogP contribution in [0.1, 0.15) is 164 Å². The summed E-state index contributed by atoms with van der Waals surface area (Å²) in [5.74, 6) is 1.20. The van der Waals surface area contributed by atoms with Crippen LogP contribution in [-0.4, -0.2) is 104 Å². The van der Waals surface area contributed by atoms with Crippen LogP contribution in [0.5, 0.6) is 0 Å². The standard InChI is InChI=1S/C56H74N8O8/c1-35(2)49(59-55(69)71-5)53(67)61-31-11-17-43(61)51-57-33-45(63(51)47(65)29-19-37-13-7-8-14-37)41-25-21-39(22-26-41)40-23-27-42(28-24-40)46-34-58-52(64(46)48(66)30-20-38-15-9-10-16-38)44-18-12-32-62(44)54(68)50(36(3)4)60-56(70)72-6/h21-28,33-38,43-44,49-50H,7-20,29-32H2,1-6H3,(H,59,69)(H,60,70)/t43-,44-,49-,50-/m0/s1. The third-order valence-corrected chi connectivity index (χ3v) is 15.7. The second kappa shape index (κ2) is 23.5. The Labute approximate surface area is 424 Å². The number of methoxy groups -OCH3 is 2. The fourth-order valence-corrected chi connectivity index (χ4v) is 11.6. The molecule has 2 aliphatic carbocycles. The van der Waals surface area contributed by atoms with Crippen molar-refractivity contribution in [2.24, 2.45) is 23.7 Å². The average Bonchev–Trinajstić information content (AvgIpc) is 4.26. The molecule has 8 rings (SSSR count). The molecule has 4 heterocycles. The van der Waals surface area contributed by atoms with Gasteiger partial charge in [0, 0.05) is 37.1 Å². The Kier molecular flexibility index (Phi) is 17.0. The second-order valence-electron chi connectivity index (χ2n) is 21.1. The van der Waals surface area contributed by atoms with Crippen molar-refractivity contribution >= 4 is 35.8 Å². The number of alkyl carbamates (subject to hydrolysis) is 2. The highest BCUT2D eigenvalue weighted by molar-refractivity contribution is 5.89. The van der Waals surface area contributed by atoms with Gasteiger partial charge in [-0.1, -0.05) is 128 Å². The van der Waals surface area contributed by atoms with Crippen molar-refractivity contribution in [1.29, 1.82) is 0 Å². The van der Waals surface area contributed by atoms with E-state index in [0.717, 1.165) is 73.6 Å². The lowest BCUT2D eigenvalue weighted by Gasteiger charge is -2.30. The van der Waals surface area contributed by atoms with E-state index < -0.39 is 36.4 Å². The molecule has 72 heavy (non-hydrogen) atoms. The number of carbonyl (C=O) groups excluding carboxylic acids is 6. The van der Waals surface area contributed by atoms with Crippen molar-refractivity contribution in [2.75, 3.05) is 27.3 Å². The number of hydrogen-bond donors (Lipinski definition) is 2. The predicted molar refractivity (Wildman–Crippen MR) is 274 cm³/mol. The maximum Gasteiger partial charge on any atom is 0.407 e. The number of rotatable bonds is 17. The van der Waals surface area contributed by atoms with Crippen molar-refractivity contribution in [3.8, 4) is 33.6 Å². The van der Waals surface area contributed by atoms with E-state index >= 15 is 0 Å². The van der Waals surface area contributed by atoms with Gasteiger partial charge in [-0.05, 0) is 73.3 Å². The Morgan fingerprint density at radius 1 is 0.528 bits per heavy atom. The maximum absolute atomic E-state index is 14.4. The monoisotopic (exact) mass is 987 g/mol. The Bertz CT molecular complexity index is 2380. The molecule has 4 aliphatic rings. The van der Waals surface area contributed by atoms with E-state index in [1.54, 1.807) is 31.3 Å². The van der Waals surface area contributed by atoms with Crippen LogP contribution >= 0.6 is 0 Å². The Balaban J connectivity index is 1.06. The van der Waals surface area contributed by atoms with E-state index in [1.165, 1.54) is 39.9 Å². The number of imidazole rings is 2. The zero-order valence-corrected chi connectivity index (χ0v) is 43.1. The van der Waals surface area contributed by atoms with E-state index in [2.05, 4.69) is 10.6 Å². The van der Waals surface area contributed by atoms with E-state index in [0.29, 0.717) is 73.6 Å². The second-order valence-corrected chi connectivity index (χ2v) is 21.1. The molecule has 2 saturated heterocycles. The first-order valence-corrected chi connectivity index (χ1v) is 26.5. The van der Waals surface area contributed by atoms with Gasteiger partial charge in [0.15, 0.2) is 0 Å². The molecule has 0 unspecified atom stereocenters. The molecule has 2 N–H and O–H groups in total. The summed E-state index contributed by atoms with van der Waals surface area (Å²) < 4.78 is 13.2. The predicted octanol–water partition coefficient (Wildman–Crippen LogP) is 10.4. The number of benzene rings is 2. The summed E-state index contributed by atoms with van der Waals surface area (Å²) in [6.45, 7) is 8.50. The van der Waals surface area contributed by atoms with Gasteiger partial charge in [-0.2, -0.15) is 0 Å². The van der Waals surface area contributed by atoms with Crippen molar-refractivity contribution in [1.82, 2.24) is 39.5 Å². The van der Waals surface area contributed by atoms with Crippen LogP contribution in [0.4, 0.5) is 9.59 Å². The Hall–Kier alpha value is -6.32. The van der Waals surface area contributed by atoms with Crippen molar-refractivity contribution < 1.29 is 38.2 Å². The van der Waals surface area contributed by atoms with Gasteiger partial charge in [0.25, 0.3) is 0 Å². The van der Waals surface area contributed by atoms with Gasteiger partial charge >= 0.3 is 12.2 Å². The number of nitrogens with one attached hydrogen (secondary N) is 2. The fraction of sp³-hybridized carbons (Fsp3) is 0.571. The van der Waals surface area contributed by atoms with Gasteiger partial charge in [0.1, 0.15) is 23.7 Å². The number of hydrogen-bond acceptors (Lipinski definition) is 10. The van der Waals surface area contributed by atoms with Gasteiger partial charge in [-0.3, -0.25) is 28.3 Å². The van der Waals surface area contributed by atoms with Crippen molar-refractivity contribution in [3.63, 3.8) is 0 Å². The molecule has 0 radical (unpaired) electrons. The molecule has 0 bridgehead atoms. The van der Waals surface area contributed by atoms with E-state index in [4.69, 9.17) is 19.4 Å². The van der Waals surface area contributed by atoms with Gasteiger partial charge in [-0.25, -0.2) is 19.6 Å². The molecular weight excluding hydrogens is 913 g/mol. The molecule has 16 heteroatoms. The summed E-state index contributed by atoms with van der Waals surface area (Å²) >= 11 is 0. The molecule has 2 saturated carbocycles. The van der Waals surface area contributed by atoms with Crippen LogP contribution in [0, 0.1) is 23.7 Å². The van der Waals surface area contributed by atoms with Crippen molar-refractivity contribution in [2.45, 2.75) is 155 Å². The number of aromatic nitrogens is 4. The largest absolute Gasteiger partial charge is 0.453 e. The number of nitrogens with zero attached hydrogens (tertiary/aromatic N) is 6. The number of ether oxygens (including phenoxy) is 2. The molecule has 386 valence electrons. The van der Waals surface area contributed by atoms with Crippen LogP contribution < -0.4 is 10.6 Å². The summed E-state index contributed by atoms with van der Waals surface area (Å²) in [7, 11) is 2.56. The molecule has 2 aromatic heterocycles. The minimum atomic E-state index is -0.795. The van der Waals surface area contributed by atoms with Gasteiger partial charge in [0.05, 0.1) is 50.1 Å². The summed E-state index contributed by atoms with van der Waals surface area (Å²) in [4.78, 5) is 95.0. The Morgan fingerprint density at radius 2 is 0.875 bits per heavy atom. The van der Waals surface area contributed by atoms with Crippen LogP contribution in [-0.2, 0) is 19.1 Å². The van der Waals surface area contributed by atoms with Crippen LogP contribution in [0.15, 0.2) is 60.9 Å². The number of likely N-dealkylation sites (tertiary alicyclic amines) is 2. The first-order chi connectivity index (χ1) is 34.8. The highest BCUT2D eigenvalue weighted by Crippen LogP contribution is 2.39. The molecule has 2 aliphatic heterocycles. The van der Waals surface area contributed by atoms with Gasteiger partial charge < -0.3 is 29.9 Å². The SMILES string of the molecule is COC(=O)N[C@H](C(=O)N1CCC[C@H]1c1ncc(-c2ccc(-c3ccc(-c4cnc([C@@H]5CCCN5C(=O)[C@@H](NC(=O)OC)C(C)C)n4C(=O)CCC4CCCC4)cc3)cc2)n1C(=O)CCC1CCCC1)C(C)C. The topological polar surface area (TPSA) is 187 Å². The Morgan fingerprint density at radius 3 is 1.21 bits per heavy atom. The summed E-state index contributed by atoms with van der Waals surface area (Å²) in [5.41, 5.74) is 4.88. The highest BCUT2D eigenvalue weighted by atomic mass is 16.5. The quantitative estimate of drug-likeness (QED) is 0.103. The third-order valence-electron chi connectivity index (χ3n) is 15.7. The highest BCUT2D eigenvalue weighted by Gasteiger charge is 2.41. The molecule has 4 aromatic rings. The lowest BCUT2D eigenvalue weighted by atomic mass is 10.00.